The van der Waals surface area contributed by atoms with Crippen molar-refractivity contribution in [1.82, 2.24) is 0 Å². The first-order valence-corrected chi connectivity index (χ1v) is 31.0. The Bertz CT molecular complexity index is 2430. The van der Waals surface area contributed by atoms with Crippen molar-refractivity contribution >= 4 is 5.97 Å². The van der Waals surface area contributed by atoms with Crippen LogP contribution in [0.15, 0.2) is 24.3 Å². The molecule has 16 aliphatic rings. The van der Waals surface area contributed by atoms with Crippen LogP contribution in [0, 0.1) is 23.7 Å². The number of hydrogen-bond acceptors (Lipinski definition) is 21. The number of aliphatic hydroxyl groups is 5. The topological polar surface area (TPSA) is 257 Å². The lowest BCUT2D eigenvalue weighted by atomic mass is 9.79. The van der Waals surface area contributed by atoms with Crippen LogP contribution < -0.4 is 0 Å². The summed E-state index contributed by atoms with van der Waals surface area (Å²) < 4.78 is 102. The Morgan fingerprint density at radius 1 is 0.568 bits per heavy atom. The molecule has 16 heterocycles. The molecule has 16 aliphatic heterocycles. The highest BCUT2D eigenvalue weighted by atomic mass is 16.8. The fourth-order valence-corrected chi connectivity index (χ4v) is 18.2. The Balaban J connectivity index is 0.660. The van der Waals surface area contributed by atoms with E-state index in [1.807, 2.05) is 0 Å². The van der Waals surface area contributed by atoms with Crippen molar-refractivity contribution in [2.24, 2.45) is 23.7 Å². The third-order valence-corrected chi connectivity index (χ3v) is 22.2. The van der Waals surface area contributed by atoms with Gasteiger partial charge in [0, 0.05) is 63.7 Å². The molecule has 0 aromatic carbocycles. The summed E-state index contributed by atoms with van der Waals surface area (Å²) in [5.41, 5.74) is 1.99. The van der Waals surface area contributed by atoms with E-state index in [4.69, 9.17) is 71.1 Å². The first-order chi connectivity index (χ1) is 38.8. The second-order valence-electron chi connectivity index (χ2n) is 27.8. The van der Waals surface area contributed by atoms with E-state index in [9.17, 15) is 30.3 Å². The predicted molar refractivity (Wildman–Crippen MR) is 276 cm³/mol. The molecule has 5 N–H and O–H groups in total. The smallest absolute Gasteiger partial charge is 0.308 e. The van der Waals surface area contributed by atoms with Gasteiger partial charge in [-0.1, -0.05) is 40.9 Å². The highest BCUT2D eigenvalue weighted by Crippen LogP contribution is 2.60. The molecule has 12 bridgehead atoms. The molecule has 81 heavy (non-hydrogen) atoms. The van der Waals surface area contributed by atoms with Crippen LogP contribution in [0.25, 0.3) is 0 Å². The molecule has 0 radical (unpaired) electrons. The van der Waals surface area contributed by atoms with Gasteiger partial charge in [-0.05, 0) is 73.8 Å². The van der Waals surface area contributed by atoms with E-state index in [1.165, 1.54) is 0 Å². The first kappa shape index (κ1) is 55.7. The number of carbonyl (C=O) groups excluding carboxylic acids is 1. The Labute approximate surface area is 473 Å². The zero-order valence-electron chi connectivity index (χ0n) is 47.2. The maximum absolute atomic E-state index is 14.6. The van der Waals surface area contributed by atoms with Crippen molar-refractivity contribution in [3.63, 3.8) is 0 Å². The van der Waals surface area contributed by atoms with Gasteiger partial charge in [-0.15, -0.1) is 0 Å². The lowest BCUT2D eigenvalue weighted by Crippen LogP contribution is -2.63. The third-order valence-electron chi connectivity index (χ3n) is 22.2. The van der Waals surface area contributed by atoms with Crippen LogP contribution in [-0.2, 0) is 75.8 Å². The van der Waals surface area contributed by atoms with Gasteiger partial charge < -0.3 is 96.6 Å². The number of carbonyl (C=O) groups is 1. The fraction of sp³-hybridized carbons (Fsp3) is 0.917. The first-order valence-electron chi connectivity index (χ1n) is 31.0. The quantitative estimate of drug-likeness (QED) is 0.200. The van der Waals surface area contributed by atoms with Crippen molar-refractivity contribution in [3.05, 3.63) is 24.3 Å². The lowest BCUT2D eigenvalue weighted by Gasteiger charge is -2.50. The second kappa shape index (κ2) is 20.4. The Morgan fingerprint density at radius 3 is 2.10 bits per heavy atom. The molecule has 452 valence electrons. The molecule has 0 aliphatic carbocycles. The van der Waals surface area contributed by atoms with Crippen LogP contribution >= 0.6 is 0 Å². The molecule has 16 fully saturated rings. The minimum atomic E-state index is -2.03. The van der Waals surface area contributed by atoms with E-state index in [0.717, 1.165) is 24.0 Å². The second-order valence-corrected chi connectivity index (χ2v) is 27.8. The third kappa shape index (κ3) is 9.28. The molecule has 21 heteroatoms. The molecule has 0 aromatic heterocycles. The number of hydrogen-bond donors (Lipinski definition) is 5. The van der Waals surface area contributed by atoms with Crippen LogP contribution in [0.5, 0.6) is 0 Å². The van der Waals surface area contributed by atoms with Crippen molar-refractivity contribution < 1.29 is 101 Å². The van der Waals surface area contributed by atoms with Gasteiger partial charge in [0.25, 0.3) is 0 Å². The van der Waals surface area contributed by atoms with E-state index in [0.29, 0.717) is 77.0 Å². The molecule has 21 nitrogen and oxygen atoms in total. The molecule has 16 rings (SSSR count). The Morgan fingerprint density at radius 2 is 1.27 bits per heavy atom. The van der Waals surface area contributed by atoms with Gasteiger partial charge >= 0.3 is 5.97 Å². The van der Waals surface area contributed by atoms with Crippen LogP contribution in [0.1, 0.15) is 137 Å². The van der Waals surface area contributed by atoms with Gasteiger partial charge in [0.2, 0.25) is 11.6 Å². The predicted octanol–water partition coefficient (Wildman–Crippen LogP) is 3.22. The molecule has 16 saturated heterocycles. The number of ether oxygens (including phenoxy) is 15. The summed E-state index contributed by atoms with van der Waals surface area (Å²) in [7, 11) is 0. The van der Waals surface area contributed by atoms with Crippen molar-refractivity contribution in [1.29, 1.82) is 0 Å². The SMILES string of the molecule is C=C1C[C@@H]2CC[C@@]34O[C@@H]5[C@@H]6OC(O)([C@H](O3)[C@@H]6O[C@H]3CC[C@H](CC(=O)O[C@@H]6[C@@H](C)[C@@H]7O[C@@H]8C[C@]9(C[C@@H]%10O[C@]%11(C[C@H](C)[C@@H]%12O[C@H]([C@@H](O)C[C@@H](O)CO)C[C@@H]%12O%11)C[C@H](C)[C@@H]%10O9)O[C@@H]8C[C@@H]7O[C@H]6C[C@H]6O[C@@H](CC[C@@H]1O2)C[C@@H](C)C6=C)O[C@H]53)[C@H]4O. The molecule has 0 amide bonds. The Hall–Kier alpha value is -1.81. The largest absolute Gasteiger partial charge is 0.459 e. The van der Waals surface area contributed by atoms with E-state index in [2.05, 4.69) is 40.9 Å². The molecule has 0 saturated carbocycles. The van der Waals surface area contributed by atoms with Gasteiger partial charge in [-0.25, -0.2) is 0 Å². The molecule has 3 spiro atoms. The molecule has 1 unspecified atom stereocenters. The van der Waals surface area contributed by atoms with Gasteiger partial charge in [0.15, 0.2) is 17.7 Å². The number of fused-ring (bicyclic) bond motifs is 10. The number of rotatable bonds is 4. The van der Waals surface area contributed by atoms with Gasteiger partial charge in [-0.2, -0.15) is 0 Å². The van der Waals surface area contributed by atoms with Crippen molar-refractivity contribution in [2.75, 3.05) is 6.61 Å². The summed E-state index contributed by atoms with van der Waals surface area (Å²) in [5.74, 6) is -5.84. The fourth-order valence-electron chi connectivity index (χ4n) is 18.2. The standard InChI is InChI=1S/C60H86O21/c1-25-13-32-7-9-36-26(2)14-34(67-36)11-12-59-56(65)60(66)55(81-59)54-53(80-60)52(79-59)51-37(71-54)10-8-33(69-51)16-46(64)74-50-30(6)49-42(70-41(50)17-38(68-32)29(25)5)19-40-44(73-49)22-58(75-40)23-45-48(78-58)28(4)21-57(77-45)20-27(3)47-43(76-57)18-39(72-47)35(63)15-31(62)24-61/h25,27-28,30-45,47-56,61-63,65-66H,2,5,7-24H2,1,3-4,6H3/t25-,27+,28+,30+,31-,32+,33-,34+,35+,36+,37+,38-,39+,40-,41+,42+,43+,44-,45+,47+,48+,49+,50-,51+,52+,53+,54-,55-,56+,57-,58+,59-,60?/m1/s1. The summed E-state index contributed by atoms with van der Waals surface area (Å²) in [4.78, 5) is 14.6. The van der Waals surface area contributed by atoms with E-state index in [1.54, 1.807) is 0 Å². The summed E-state index contributed by atoms with van der Waals surface area (Å²) in [5, 5.41) is 54.2. The molecular weight excluding hydrogens is 1060 g/mol. The maximum Gasteiger partial charge on any atom is 0.308 e. The minimum absolute atomic E-state index is 0.0207. The van der Waals surface area contributed by atoms with Crippen molar-refractivity contribution in [3.8, 4) is 0 Å². The highest BCUT2D eigenvalue weighted by Gasteiger charge is 2.79. The maximum atomic E-state index is 14.6. The average molecular weight is 1140 g/mol. The van der Waals surface area contributed by atoms with E-state index in [-0.39, 0.29) is 110 Å². The minimum Gasteiger partial charge on any atom is -0.459 e. The average Bonchev–Trinajstić information content (AvgIpc) is 4.43. The van der Waals surface area contributed by atoms with Gasteiger partial charge in [-0.3, -0.25) is 4.79 Å². The molecular formula is C60H86O21. The monoisotopic (exact) mass is 1140 g/mol. The summed E-state index contributed by atoms with van der Waals surface area (Å²) in [6.07, 6.45) is -5.06. The van der Waals surface area contributed by atoms with Crippen LogP contribution in [0.2, 0.25) is 0 Å². The number of esters is 1. The van der Waals surface area contributed by atoms with E-state index < -0.39 is 121 Å². The number of aliphatic hydroxyl groups excluding tert-OH is 4. The van der Waals surface area contributed by atoms with Crippen molar-refractivity contribution in [2.45, 2.75) is 313 Å². The highest BCUT2D eigenvalue weighted by molar-refractivity contribution is 5.70. The van der Waals surface area contributed by atoms with Crippen LogP contribution in [0.4, 0.5) is 0 Å². The zero-order valence-corrected chi connectivity index (χ0v) is 47.2. The van der Waals surface area contributed by atoms with Gasteiger partial charge in [0.05, 0.1) is 123 Å². The Kier molecular flexibility index (Phi) is 14.0. The van der Waals surface area contributed by atoms with Crippen LogP contribution in [-0.4, -0.2) is 214 Å². The van der Waals surface area contributed by atoms with Crippen LogP contribution in [0.3, 0.4) is 0 Å². The molecule has 33 atom stereocenters. The molecule has 0 aromatic rings. The zero-order chi connectivity index (χ0) is 55.8. The normalized spacial score (nSPS) is 57.9. The summed E-state index contributed by atoms with van der Waals surface area (Å²) in [6.45, 7) is 17.2. The summed E-state index contributed by atoms with van der Waals surface area (Å²) in [6, 6.07) is 0. The van der Waals surface area contributed by atoms with E-state index >= 15 is 0 Å². The lowest BCUT2D eigenvalue weighted by molar-refractivity contribution is -0.347. The summed E-state index contributed by atoms with van der Waals surface area (Å²) >= 11 is 0. The van der Waals surface area contributed by atoms with Gasteiger partial charge in [0.1, 0.15) is 36.6 Å².